The van der Waals surface area contributed by atoms with Crippen LogP contribution < -0.4 is 10.6 Å². The average molecular weight is 718 g/mol. The lowest BCUT2D eigenvalue weighted by Crippen LogP contribution is -2.58. The molecule has 2 saturated heterocycles. The Morgan fingerprint density at radius 1 is 1.04 bits per heavy atom. The Morgan fingerprint density at radius 3 is 2.41 bits per heavy atom. The highest BCUT2D eigenvalue weighted by atomic mass is 35.5. The molecule has 0 spiro atoms. The molecule has 0 aromatic heterocycles. The number of alkyl carbamates (subject to hydrolysis) is 1. The van der Waals surface area contributed by atoms with Crippen LogP contribution in [0, 0.1) is 17.6 Å². The Kier molecular flexibility index (Phi) is 12.4. The summed E-state index contributed by atoms with van der Waals surface area (Å²) >= 11 is 6.19. The highest BCUT2D eigenvalue weighted by Crippen LogP contribution is 2.37. The molecule has 2 aliphatic heterocycles. The number of benzene rings is 3. The number of sulfonamides is 1. The molecule has 264 valence electrons. The van der Waals surface area contributed by atoms with Crippen LogP contribution in [-0.2, 0) is 37.1 Å². The van der Waals surface area contributed by atoms with Gasteiger partial charge in [-0.2, -0.15) is 4.31 Å². The Balaban J connectivity index is 1.42. The van der Waals surface area contributed by atoms with E-state index in [9.17, 15) is 22.4 Å². The number of Topliss-reactive ketones (excluding diaryl/α,β-unsaturated/α-hetero) is 1. The number of ketones is 1. The summed E-state index contributed by atoms with van der Waals surface area (Å²) in [4.78, 5) is 26.9. The third-order valence-corrected chi connectivity index (χ3v) is 11.8. The van der Waals surface area contributed by atoms with Crippen LogP contribution >= 0.6 is 11.6 Å². The third-order valence-electron chi connectivity index (χ3n) is 9.50. The second kappa shape index (κ2) is 16.5. The molecule has 13 heteroatoms. The number of amides is 1. The summed E-state index contributed by atoms with van der Waals surface area (Å²) in [5.41, 5.74) is 1.58. The molecule has 2 heterocycles. The van der Waals surface area contributed by atoms with Gasteiger partial charge in [0.05, 0.1) is 18.0 Å². The number of nitrogens with one attached hydrogen (secondary N) is 2. The van der Waals surface area contributed by atoms with Crippen molar-refractivity contribution in [2.45, 2.75) is 68.0 Å². The first-order valence-electron chi connectivity index (χ1n) is 16.5. The minimum absolute atomic E-state index is 0.00263. The first kappa shape index (κ1) is 36.9. The monoisotopic (exact) mass is 717 g/mol. The van der Waals surface area contributed by atoms with Gasteiger partial charge in [0, 0.05) is 55.7 Å². The lowest BCUT2D eigenvalue weighted by atomic mass is 9.74. The molecule has 0 bridgehead atoms. The SMILES string of the molecule is COC(=O)N[C@H](C(=O)Cc1cccc(F)c1CC[C@H]1CNC[C@@H](C)N1S(=O)(=O)c1ccc(F)cc1)[C@@H](c1ccc(Cl)cc1)C1CCOCC1. The van der Waals surface area contributed by atoms with Crippen LogP contribution in [0.1, 0.15) is 48.8 Å². The third kappa shape index (κ3) is 8.85. The minimum atomic E-state index is -3.99. The van der Waals surface area contributed by atoms with Gasteiger partial charge in [-0.15, -0.1) is 0 Å². The topological polar surface area (TPSA) is 114 Å². The van der Waals surface area contributed by atoms with Gasteiger partial charge in [-0.3, -0.25) is 4.79 Å². The van der Waals surface area contributed by atoms with E-state index in [4.69, 9.17) is 21.1 Å². The van der Waals surface area contributed by atoms with E-state index < -0.39 is 51.8 Å². The summed E-state index contributed by atoms with van der Waals surface area (Å²) in [5, 5.41) is 6.58. The maximum atomic E-state index is 15.6. The van der Waals surface area contributed by atoms with Crippen LogP contribution in [0.2, 0.25) is 5.02 Å². The molecule has 0 unspecified atom stereocenters. The number of rotatable bonds is 12. The smallest absolute Gasteiger partial charge is 0.407 e. The van der Waals surface area contributed by atoms with E-state index in [0.29, 0.717) is 55.3 Å². The molecule has 4 atom stereocenters. The first-order valence-corrected chi connectivity index (χ1v) is 18.3. The summed E-state index contributed by atoms with van der Waals surface area (Å²) < 4.78 is 68.6. The number of ether oxygens (including phenoxy) is 2. The van der Waals surface area contributed by atoms with Gasteiger partial charge >= 0.3 is 6.09 Å². The molecular formula is C36H42ClF2N3O6S. The van der Waals surface area contributed by atoms with Crippen molar-refractivity contribution in [2.75, 3.05) is 33.4 Å². The van der Waals surface area contributed by atoms with E-state index in [1.807, 2.05) is 12.1 Å². The lowest BCUT2D eigenvalue weighted by molar-refractivity contribution is -0.121. The number of carbonyl (C=O) groups excluding carboxylic acids is 2. The number of halogens is 3. The number of piperazine rings is 1. The zero-order valence-corrected chi connectivity index (χ0v) is 29.1. The second-order valence-electron chi connectivity index (χ2n) is 12.6. The normalized spacial score (nSPS) is 20.3. The van der Waals surface area contributed by atoms with Gasteiger partial charge in [0.1, 0.15) is 11.6 Å². The van der Waals surface area contributed by atoms with Crippen molar-refractivity contribution >= 4 is 33.5 Å². The number of nitrogens with zero attached hydrogens (tertiary/aromatic N) is 1. The molecule has 2 fully saturated rings. The summed E-state index contributed by atoms with van der Waals surface area (Å²) in [6.45, 7) is 3.59. The van der Waals surface area contributed by atoms with E-state index in [1.165, 1.54) is 35.7 Å². The molecule has 5 rings (SSSR count). The predicted molar refractivity (Wildman–Crippen MR) is 182 cm³/mol. The largest absolute Gasteiger partial charge is 0.453 e. The molecule has 0 radical (unpaired) electrons. The van der Waals surface area contributed by atoms with Crippen molar-refractivity contribution in [1.82, 2.24) is 14.9 Å². The summed E-state index contributed by atoms with van der Waals surface area (Å²) in [6, 6.07) is 14.5. The summed E-state index contributed by atoms with van der Waals surface area (Å²) in [6.07, 6.45) is 0.835. The molecule has 3 aromatic carbocycles. The van der Waals surface area contributed by atoms with Gasteiger partial charge in [0.25, 0.3) is 0 Å². The van der Waals surface area contributed by atoms with E-state index >= 15 is 4.39 Å². The Labute approximate surface area is 291 Å². The molecule has 9 nitrogen and oxygen atoms in total. The Hall–Kier alpha value is -3.42. The predicted octanol–water partition coefficient (Wildman–Crippen LogP) is 5.65. The Bertz CT molecular complexity index is 1700. The molecule has 1 amide bonds. The first-order chi connectivity index (χ1) is 23.5. The molecule has 2 N–H and O–H groups in total. The van der Waals surface area contributed by atoms with Crippen molar-refractivity contribution < 1.29 is 36.3 Å². The van der Waals surface area contributed by atoms with Crippen LogP contribution in [-0.4, -0.2) is 76.1 Å². The van der Waals surface area contributed by atoms with Gasteiger partial charge in [-0.05, 0) is 97.7 Å². The number of methoxy groups -OCH3 is 1. The van der Waals surface area contributed by atoms with Gasteiger partial charge in [0.2, 0.25) is 10.0 Å². The maximum Gasteiger partial charge on any atom is 0.407 e. The van der Waals surface area contributed by atoms with Crippen LogP contribution in [0.5, 0.6) is 0 Å². The van der Waals surface area contributed by atoms with E-state index in [2.05, 4.69) is 10.6 Å². The lowest BCUT2D eigenvalue weighted by Gasteiger charge is -2.40. The molecule has 2 aliphatic rings. The zero-order valence-electron chi connectivity index (χ0n) is 27.5. The van der Waals surface area contributed by atoms with Crippen LogP contribution in [0.3, 0.4) is 0 Å². The van der Waals surface area contributed by atoms with E-state index in [0.717, 1.165) is 17.7 Å². The highest BCUT2D eigenvalue weighted by Gasteiger charge is 2.39. The van der Waals surface area contributed by atoms with Crippen molar-refractivity contribution in [3.8, 4) is 0 Å². The van der Waals surface area contributed by atoms with Crippen LogP contribution in [0.15, 0.2) is 71.6 Å². The van der Waals surface area contributed by atoms with Crippen molar-refractivity contribution in [2.24, 2.45) is 5.92 Å². The number of hydrogen-bond acceptors (Lipinski definition) is 7. The fourth-order valence-corrected chi connectivity index (χ4v) is 9.07. The summed E-state index contributed by atoms with van der Waals surface area (Å²) in [7, 11) is -2.76. The zero-order chi connectivity index (χ0) is 35.1. The molecule has 0 saturated carbocycles. The van der Waals surface area contributed by atoms with Gasteiger partial charge in [-0.25, -0.2) is 22.0 Å². The highest BCUT2D eigenvalue weighted by molar-refractivity contribution is 7.89. The van der Waals surface area contributed by atoms with E-state index in [1.54, 1.807) is 25.1 Å². The van der Waals surface area contributed by atoms with Gasteiger partial charge in [-0.1, -0.05) is 35.9 Å². The van der Waals surface area contributed by atoms with Crippen molar-refractivity contribution in [3.05, 3.63) is 100 Å². The van der Waals surface area contributed by atoms with Crippen molar-refractivity contribution in [1.29, 1.82) is 0 Å². The van der Waals surface area contributed by atoms with Crippen LogP contribution in [0.25, 0.3) is 0 Å². The fraction of sp³-hybridized carbons (Fsp3) is 0.444. The Morgan fingerprint density at radius 2 is 1.73 bits per heavy atom. The number of carbonyl (C=O) groups is 2. The average Bonchev–Trinajstić information content (AvgIpc) is 3.09. The maximum absolute atomic E-state index is 15.6. The molecule has 3 aromatic rings. The quantitative estimate of drug-likeness (QED) is 0.249. The second-order valence-corrected chi connectivity index (χ2v) is 14.9. The minimum Gasteiger partial charge on any atom is -0.453 e. The molecule has 49 heavy (non-hydrogen) atoms. The van der Waals surface area contributed by atoms with Gasteiger partial charge in [0.15, 0.2) is 5.78 Å². The molecular weight excluding hydrogens is 676 g/mol. The van der Waals surface area contributed by atoms with Crippen molar-refractivity contribution in [3.63, 3.8) is 0 Å². The fourth-order valence-electron chi connectivity index (χ4n) is 7.10. The molecule has 0 aliphatic carbocycles. The summed E-state index contributed by atoms with van der Waals surface area (Å²) in [5.74, 6) is -1.79. The standard InChI is InChI=1S/C36H42ClF2N3O6S/c1-23-21-40-22-29(42(23)49(45,46)30-13-10-28(38)11-14-30)12-15-31-26(4-3-5-32(31)39)20-33(43)35(41-36(44)47-2)34(25-16-18-48-19-17-25)24-6-8-27(37)9-7-24/h3-11,13-14,23,25,29,34-35,40H,12,15-22H2,1-2H3,(H,41,44)/t23-,29+,34+,35-/m1/s1. The number of hydrogen-bond donors (Lipinski definition) is 2. The van der Waals surface area contributed by atoms with E-state index in [-0.39, 0.29) is 35.9 Å². The van der Waals surface area contributed by atoms with Crippen LogP contribution in [0.4, 0.5) is 13.6 Å². The van der Waals surface area contributed by atoms with Gasteiger partial charge < -0.3 is 20.1 Å².